The van der Waals surface area contributed by atoms with Gasteiger partial charge in [0.1, 0.15) is 5.76 Å². The van der Waals surface area contributed by atoms with E-state index in [1.165, 1.54) is 0 Å². The van der Waals surface area contributed by atoms with Crippen molar-refractivity contribution in [3.05, 3.63) is 57.9 Å². The van der Waals surface area contributed by atoms with Crippen LogP contribution < -0.4 is 0 Å². The first kappa shape index (κ1) is 17.7. The maximum absolute atomic E-state index is 10.5. The van der Waals surface area contributed by atoms with Crippen LogP contribution in [0.1, 0.15) is 42.6 Å². The zero-order chi connectivity index (χ0) is 18.2. The molecular formula is C19H22ClN3O2. The van der Waals surface area contributed by atoms with E-state index in [0.717, 1.165) is 28.3 Å². The molecule has 0 radical (unpaired) electrons. The third-order valence-corrected chi connectivity index (χ3v) is 4.36. The molecular weight excluding hydrogens is 338 g/mol. The molecule has 6 heteroatoms. The van der Waals surface area contributed by atoms with E-state index in [0.29, 0.717) is 11.6 Å². The Kier molecular flexibility index (Phi) is 4.71. The molecule has 0 saturated carbocycles. The summed E-state index contributed by atoms with van der Waals surface area (Å²) in [6.07, 6.45) is 3.44. The highest BCUT2D eigenvalue weighted by molar-refractivity contribution is 6.30. The Morgan fingerprint density at radius 1 is 1.24 bits per heavy atom. The maximum Gasteiger partial charge on any atom is 0.152 e. The van der Waals surface area contributed by atoms with E-state index in [9.17, 15) is 5.11 Å². The zero-order valence-electron chi connectivity index (χ0n) is 14.8. The van der Waals surface area contributed by atoms with Crippen molar-refractivity contribution in [2.24, 2.45) is 4.99 Å². The lowest BCUT2D eigenvalue weighted by Crippen LogP contribution is -2.40. The fourth-order valence-electron chi connectivity index (χ4n) is 3.06. The van der Waals surface area contributed by atoms with Gasteiger partial charge in [0.05, 0.1) is 16.9 Å². The number of hydrogen-bond acceptors (Lipinski definition) is 5. The molecule has 0 fully saturated rings. The molecule has 0 bridgehead atoms. The van der Waals surface area contributed by atoms with Crippen LogP contribution in [0.2, 0.25) is 5.02 Å². The molecule has 5 nitrogen and oxygen atoms in total. The Morgan fingerprint density at radius 3 is 2.48 bits per heavy atom. The van der Waals surface area contributed by atoms with E-state index in [1.807, 2.05) is 44.2 Å². The summed E-state index contributed by atoms with van der Waals surface area (Å²) in [6.45, 7) is 7.77. The van der Waals surface area contributed by atoms with E-state index in [1.54, 1.807) is 20.1 Å². The molecule has 0 spiro atoms. The van der Waals surface area contributed by atoms with Gasteiger partial charge in [0.25, 0.3) is 0 Å². The van der Waals surface area contributed by atoms with Gasteiger partial charge in [0, 0.05) is 23.5 Å². The van der Waals surface area contributed by atoms with E-state index in [2.05, 4.69) is 15.0 Å². The van der Waals surface area contributed by atoms with Gasteiger partial charge in [-0.1, -0.05) is 28.9 Å². The average molecular weight is 360 g/mol. The Morgan fingerprint density at radius 2 is 1.92 bits per heavy atom. The smallest absolute Gasteiger partial charge is 0.152 e. The number of benzene rings is 1. The number of rotatable bonds is 4. The number of halogens is 1. The highest BCUT2D eigenvalue weighted by Crippen LogP contribution is 2.37. The number of nitrogens with zero attached hydrogens (tertiary/aromatic N) is 3. The lowest BCUT2D eigenvalue weighted by molar-refractivity contribution is 0.0429. The number of aliphatic imine (C=N–C) groups is 1. The maximum atomic E-state index is 10.5. The second-order valence-electron chi connectivity index (χ2n) is 6.91. The van der Waals surface area contributed by atoms with Gasteiger partial charge in [-0.25, -0.2) is 0 Å². The Hall–Kier alpha value is -2.11. The monoisotopic (exact) mass is 359 g/mol. The van der Waals surface area contributed by atoms with Crippen molar-refractivity contribution in [3.63, 3.8) is 0 Å². The van der Waals surface area contributed by atoms with Crippen LogP contribution >= 0.6 is 11.6 Å². The molecule has 2 aromatic rings. The first-order valence-corrected chi connectivity index (χ1v) is 8.55. The topological polar surface area (TPSA) is 61.9 Å². The van der Waals surface area contributed by atoms with Gasteiger partial charge in [-0.05, 0) is 51.5 Å². The van der Waals surface area contributed by atoms with Gasteiger partial charge < -0.3 is 14.5 Å². The summed E-state index contributed by atoms with van der Waals surface area (Å²) in [5, 5.41) is 15.2. The predicted molar refractivity (Wildman–Crippen MR) is 99.6 cm³/mol. The molecule has 1 N–H and O–H groups in total. The highest BCUT2D eigenvalue weighted by atomic mass is 35.5. The SMILES string of the molecule is Cc1noc(C)c1C1N=CC=C(c2ccc(Cl)cc2)N1CC(C)(C)O. The second-order valence-corrected chi connectivity index (χ2v) is 7.35. The molecule has 1 aliphatic rings. The van der Waals surface area contributed by atoms with Gasteiger partial charge >= 0.3 is 0 Å². The summed E-state index contributed by atoms with van der Waals surface area (Å²) in [5.74, 6) is 0.734. The molecule has 2 heterocycles. The van der Waals surface area contributed by atoms with Gasteiger partial charge in [-0.3, -0.25) is 4.99 Å². The standard InChI is InChI=1S/C19H22ClN3O2/c1-12-17(13(2)25-22-12)18-21-10-9-16(23(18)11-19(3,4)24)14-5-7-15(20)8-6-14/h5-10,18,24H,11H2,1-4H3. The number of β-amino-alcohol motifs (C(OH)–C–C–N with tert-alkyl or cyclic N) is 1. The fraction of sp³-hybridized carbons (Fsp3) is 0.368. The highest BCUT2D eigenvalue weighted by Gasteiger charge is 2.32. The van der Waals surface area contributed by atoms with Gasteiger partial charge in [0.15, 0.2) is 6.17 Å². The third-order valence-electron chi connectivity index (χ3n) is 4.11. The number of aliphatic hydroxyl groups is 1. The average Bonchev–Trinajstić information content (AvgIpc) is 2.86. The summed E-state index contributed by atoms with van der Waals surface area (Å²) in [5.41, 5.74) is 2.82. The van der Waals surface area contributed by atoms with Crippen molar-refractivity contribution < 1.29 is 9.63 Å². The molecule has 1 atom stereocenters. The minimum absolute atomic E-state index is 0.298. The summed E-state index contributed by atoms with van der Waals surface area (Å²) >= 11 is 6.02. The minimum Gasteiger partial charge on any atom is -0.389 e. The molecule has 25 heavy (non-hydrogen) atoms. The lowest BCUT2D eigenvalue weighted by Gasteiger charge is -2.38. The minimum atomic E-state index is -0.893. The van der Waals surface area contributed by atoms with Crippen molar-refractivity contribution in [1.82, 2.24) is 10.1 Å². The van der Waals surface area contributed by atoms with Crippen LogP contribution in [-0.4, -0.2) is 33.5 Å². The van der Waals surface area contributed by atoms with E-state index in [4.69, 9.17) is 16.1 Å². The van der Waals surface area contributed by atoms with E-state index < -0.39 is 5.60 Å². The normalized spacial score (nSPS) is 17.8. The van der Waals surface area contributed by atoms with Crippen LogP contribution in [-0.2, 0) is 0 Å². The van der Waals surface area contributed by atoms with Crippen LogP contribution in [0.5, 0.6) is 0 Å². The Labute approximate surface area is 152 Å². The lowest BCUT2D eigenvalue weighted by atomic mass is 10.0. The Balaban J connectivity index is 2.06. The van der Waals surface area contributed by atoms with Crippen LogP contribution in [0.4, 0.5) is 0 Å². The van der Waals surface area contributed by atoms with Crippen molar-refractivity contribution in [1.29, 1.82) is 0 Å². The molecule has 1 aromatic heterocycles. The first-order chi connectivity index (χ1) is 11.8. The van der Waals surface area contributed by atoms with Crippen LogP contribution in [0.15, 0.2) is 39.9 Å². The molecule has 0 saturated heterocycles. The zero-order valence-corrected chi connectivity index (χ0v) is 15.6. The number of allylic oxidation sites excluding steroid dienone is 1. The van der Waals surface area contributed by atoms with Crippen molar-refractivity contribution in [3.8, 4) is 0 Å². The fourth-order valence-corrected chi connectivity index (χ4v) is 3.19. The molecule has 0 aliphatic carbocycles. The molecule has 1 unspecified atom stereocenters. The molecule has 3 rings (SSSR count). The quantitative estimate of drug-likeness (QED) is 0.891. The van der Waals surface area contributed by atoms with Crippen LogP contribution in [0.3, 0.4) is 0 Å². The van der Waals surface area contributed by atoms with Crippen molar-refractivity contribution >= 4 is 23.5 Å². The van der Waals surface area contributed by atoms with Crippen molar-refractivity contribution in [2.75, 3.05) is 6.54 Å². The predicted octanol–water partition coefficient (Wildman–Crippen LogP) is 4.14. The van der Waals surface area contributed by atoms with Crippen LogP contribution in [0, 0.1) is 13.8 Å². The largest absolute Gasteiger partial charge is 0.389 e. The number of aromatic nitrogens is 1. The van der Waals surface area contributed by atoms with E-state index >= 15 is 0 Å². The molecule has 132 valence electrons. The van der Waals surface area contributed by atoms with Crippen LogP contribution in [0.25, 0.3) is 5.70 Å². The number of aryl methyl sites for hydroxylation is 2. The van der Waals surface area contributed by atoms with Crippen molar-refractivity contribution in [2.45, 2.75) is 39.5 Å². The molecule has 0 amide bonds. The van der Waals surface area contributed by atoms with Gasteiger partial charge in [-0.2, -0.15) is 0 Å². The number of hydrogen-bond donors (Lipinski definition) is 1. The summed E-state index contributed by atoms with van der Waals surface area (Å²) in [7, 11) is 0. The summed E-state index contributed by atoms with van der Waals surface area (Å²) in [4.78, 5) is 6.72. The Bertz CT molecular complexity index is 797. The van der Waals surface area contributed by atoms with Gasteiger partial charge in [-0.15, -0.1) is 0 Å². The molecule has 1 aliphatic heterocycles. The molecule has 1 aromatic carbocycles. The second kappa shape index (κ2) is 6.65. The summed E-state index contributed by atoms with van der Waals surface area (Å²) in [6, 6.07) is 7.65. The first-order valence-electron chi connectivity index (χ1n) is 8.17. The summed E-state index contributed by atoms with van der Waals surface area (Å²) < 4.78 is 5.33. The third kappa shape index (κ3) is 3.78. The van der Waals surface area contributed by atoms with Gasteiger partial charge in [0.2, 0.25) is 0 Å². The van der Waals surface area contributed by atoms with E-state index in [-0.39, 0.29) is 6.17 Å².